The Kier molecular flexibility index (Phi) is 9.83. The molecular formula is C22H25FN2O5S. The molecule has 0 radical (unpaired) electrons. The van der Waals surface area contributed by atoms with Crippen LogP contribution in [0.3, 0.4) is 0 Å². The van der Waals surface area contributed by atoms with Crippen molar-refractivity contribution >= 4 is 35.2 Å². The molecule has 2 amide bonds. The van der Waals surface area contributed by atoms with Gasteiger partial charge in [-0.3, -0.25) is 9.59 Å². The minimum Gasteiger partial charge on any atom is -0.484 e. The summed E-state index contributed by atoms with van der Waals surface area (Å²) in [5.41, 5.74) is 0.711. The number of amides is 2. The number of halogens is 1. The van der Waals surface area contributed by atoms with Gasteiger partial charge in [-0.25, -0.2) is 9.18 Å². The van der Waals surface area contributed by atoms with Crippen LogP contribution >= 0.6 is 11.8 Å². The van der Waals surface area contributed by atoms with Crippen LogP contribution in [0.25, 0.3) is 0 Å². The highest BCUT2D eigenvalue weighted by Crippen LogP contribution is 2.15. The molecule has 2 rings (SSSR count). The van der Waals surface area contributed by atoms with Gasteiger partial charge in [0.1, 0.15) is 17.6 Å². The highest BCUT2D eigenvalue weighted by atomic mass is 32.2. The highest BCUT2D eigenvalue weighted by Gasteiger charge is 2.23. The summed E-state index contributed by atoms with van der Waals surface area (Å²) in [5, 5.41) is 4.92. The van der Waals surface area contributed by atoms with E-state index < -0.39 is 36.2 Å². The van der Waals surface area contributed by atoms with Crippen molar-refractivity contribution in [1.29, 1.82) is 0 Å². The van der Waals surface area contributed by atoms with E-state index in [0.717, 1.165) is 0 Å². The monoisotopic (exact) mass is 448 g/mol. The number of carbonyl (C=O) groups excluding carboxylic acids is 3. The van der Waals surface area contributed by atoms with Gasteiger partial charge in [-0.2, -0.15) is 11.8 Å². The Morgan fingerprint density at radius 2 is 1.81 bits per heavy atom. The number of carbonyl (C=O) groups is 3. The van der Waals surface area contributed by atoms with Crippen LogP contribution in [-0.4, -0.2) is 49.0 Å². The van der Waals surface area contributed by atoms with E-state index in [9.17, 15) is 18.8 Å². The minimum atomic E-state index is -0.928. The lowest BCUT2D eigenvalue weighted by atomic mass is 10.2. The fourth-order valence-electron chi connectivity index (χ4n) is 2.53. The summed E-state index contributed by atoms with van der Waals surface area (Å²) in [5.74, 6) is -1.37. The maximum Gasteiger partial charge on any atom is 0.329 e. The van der Waals surface area contributed by atoms with Crippen LogP contribution in [-0.2, 0) is 19.1 Å². The molecule has 0 aliphatic carbocycles. The lowest BCUT2D eigenvalue weighted by Crippen LogP contribution is -2.44. The topological polar surface area (TPSA) is 93.7 Å². The number of aryl methyl sites for hydroxylation is 1. The van der Waals surface area contributed by atoms with Crippen molar-refractivity contribution in [3.63, 3.8) is 0 Å². The second kappa shape index (κ2) is 12.6. The van der Waals surface area contributed by atoms with Gasteiger partial charge < -0.3 is 20.1 Å². The maximum atomic E-state index is 13.8. The molecule has 1 unspecified atom stereocenters. The summed E-state index contributed by atoms with van der Waals surface area (Å²) in [6, 6.07) is 12.2. The van der Waals surface area contributed by atoms with Crippen molar-refractivity contribution in [2.45, 2.75) is 19.4 Å². The average Bonchev–Trinajstić information content (AvgIpc) is 2.76. The summed E-state index contributed by atoms with van der Waals surface area (Å²) in [6.45, 7) is 0.864. The molecule has 0 bridgehead atoms. The van der Waals surface area contributed by atoms with Gasteiger partial charge in [0.25, 0.3) is 11.8 Å². The van der Waals surface area contributed by atoms with Gasteiger partial charge in [-0.1, -0.05) is 24.3 Å². The molecule has 166 valence electrons. The minimum absolute atomic E-state index is 0.00283. The molecule has 0 saturated carbocycles. The molecule has 0 aromatic heterocycles. The van der Waals surface area contributed by atoms with Crippen molar-refractivity contribution in [3.05, 3.63) is 59.9 Å². The van der Waals surface area contributed by atoms with Gasteiger partial charge in [-0.15, -0.1) is 0 Å². The van der Waals surface area contributed by atoms with E-state index in [1.54, 1.807) is 37.3 Å². The van der Waals surface area contributed by atoms with Gasteiger partial charge in [0, 0.05) is 0 Å². The van der Waals surface area contributed by atoms with Gasteiger partial charge in [0.2, 0.25) is 0 Å². The summed E-state index contributed by atoms with van der Waals surface area (Å²) in [7, 11) is 0. The lowest BCUT2D eigenvalue weighted by molar-refractivity contribution is -0.150. The zero-order chi connectivity index (χ0) is 22.6. The Hall–Kier alpha value is -3.07. The van der Waals surface area contributed by atoms with Crippen LogP contribution in [0.1, 0.15) is 12.0 Å². The zero-order valence-electron chi connectivity index (χ0n) is 17.4. The van der Waals surface area contributed by atoms with E-state index >= 15 is 0 Å². The van der Waals surface area contributed by atoms with Crippen molar-refractivity contribution in [3.8, 4) is 5.75 Å². The fourth-order valence-corrected chi connectivity index (χ4v) is 3.00. The molecule has 0 aliphatic rings. The lowest BCUT2D eigenvalue weighted by Gasteiger charge is -2.17. The van der Waals surface area contributed by atoms with Gasteiger partial charge in [0.15, 0.2) is 13.2 Å². The van der Waals surface area contributed by atoms with Crippen molar-refractivity contribution in [2.75, 3.05) is 30.5 Å². The second-order valence-electron chi connectivity index (χ2n) is 6.64. The maximum absolute atomic E-state index is 13.8. The Bertz CT molecular complexity index is 895. The Morgan fingerprint density at radius 1 is 1.06 bits per heavy atom. The number of anilines is 1. The zero-order valence-corrected chi connectivity index (χ0v) is 18.2. The number of benzene rings is 2. The third kappa shape index (κ3) is 8.67. The second-order valence-corrected chi connectivity index (χ2v) is 7.63. The van der Waals surface area contributed by atoms with Crippen LogP contribution in [0.4, 0.5) is 10.1 Å². The first-order valence-corrected chi connectivity index (χ1v) is 11.0. The summed E-state index contributed by atoms with van der Waals surface area (Å²) < 4.78 is 24.2. The van der Waals surface area contributed by atoms with E-state index in [4.69, 9.17) is 9.47 Å². The van der Waals surface area contributed by atoms with Crippen molar-refractivity contribution < 1.29 is 28.2 Å². The van der Waals surface area contributed by atoms with Crippen LogP contribution in [0.5, 0.6) is 5.75 Å². The number of ether oxygens (including phenoxy) is 2. The molecule has 0 aliphatic heterocycles. The normalized spacial score (nSPS) is 11.3. The molecule has 7 nitrogen and oxygen atoms in total. The third-order valence-corrected chi connectivity index (χ3v) is 4.73. The number of nitrogens with one attached hydrogen (secondary N) is 2. The van der Waals surface area contributed by atoms with Crippen molar-refractivity contribution in [2.24, 2.45) is 0 Å². The predicted molar refractivity (Wildman–Crippen MR) is 118 cm³/mol. The average molecular weight is 449 g/mol. The molecule has 0 fully saturated rings. The molecule has 0 heterocycles. The van der Waals surface area contributed by atoms with Crippen LogP contribution in [0.2, 0.25) is 0 Å². The molecule has 0 saturated heterocycles. The number of para-hydroxylation sites is 1. The molecule has 0 spiro atoms. The van der Waals surface area contributed by atoms with E-state index in [1.807, 2.05) is 12.3 Å². The Labute approximate surface area is 184 Å². The number of rotatable bonds is 11. The SMILES string of the molecule is CSCCC(NC(=O)COc1ccccc1)C(=O)OCC(=O)Nc1ccc(C)cc1F. The van der Waals surface area contributed by atoms with Gasteiger partial charge in [-0.05, 0) is 55.2 Å². The van der Waals surface area contributed by atoms with Crippen molar-refractivity contribution in [1.82, 2.24) is 5.32 Å². The number of thioether (sulfide) groups is 1. The fraction of sp³-hybridized carbons (Fsp3) is 0.318. The van der Waals surface area contributed by atoms with Crippen LogP contribution in [0, 0.1) is 12.7 Å². The first-order valence-electron chi connectivity index (χ1n) is 9.58. The summed E-state index contributed by atoms with van der Waals surface area (Å²) in [6.07, 6.45) is 2.19. The van der Waals surface area contributed by atoms with E-state index in [2.05, 4.69) is 10.6 Å². The first-order chi connectivity index (χ1) is 14.9. The standard InChI is InChI=1S/C22H25FN2O5S/c1-15-8-9-18(17(23)12-15)24-21(27)14-30-22(28)19(10-11-31-2)25-20(26)13-29-16-6-4-3-5-7-16/h3-9,12,19H,10-11,13-14H2,1-2H3,(H,24,27)(H,25,26). The molecule has 31 heavy (non-hydrogen) atoms. The smallest absolute Gasteiger partial charge is 0.329 e. The number of hydrogen-bond donors (Lipinski definition) is 2. The van der Waals surface area contributed by atoms with Crippen LogP contribution < -0.4 is 15.4 Å². The quantitative estimate of drug-likeness (QED) is 0.514. The predicted octanol–water partition coefficient (Wildman–Crippen LogP) is 2.93. The Balaban J connectivity index is 1.84. The Morgan fingerprint density at radius 3 is 2.48 bits per heavy atom. The third-order valence-electron chi connectivity index (χ3n) is 4.09. The summed E-state index contributed by atoms with van der Waals surface area (Å²) >= 11 is 1.50. The van der Waals surface area contributed by atoms with E-state index in [0.29, 0.717) is 23.5 Å². The van der Waals surface area contributed by atoms with Gasteiger partial charge >= 0.3 is 5.97 Å². The molecular weight excluding hydrogens is 423 g/mol. The highest BCUT2D eigenvalue weighted by molar-refractivity contribution is 7.98. The van der Waals surface area contributed by atoms with E-state index in [1.165, 1.54) is 23.9 Å². The molecule has 1 atom stereocenters. The molecule has 9 heteroatoms. The number of hydrogen-bond acceptors (Lipinski definition) is 6. The summed E-state index contributed by atoms with van der Waals surface area (Å²) in [4.78, 5) is 36.6. The van der Waals surface area contributed by atoms with Gasteiger partial charge in [0.05, 0.1) is 5.69 Å². The molecule has 2 N–H and O–H groups in total. The molecule has 2 aromatic rings. The molecule has 2 aromatic carbocycles. The van der Waals surface area contributed by atoms with Crippen LogP contribution in [0.15, 0.2) is 48.5 Å². The largest absolute Gasteiger partial charge is 0.484 e. The first kappa shape index (κ1) is 24.2. The number of esters is 1. The van der Waals surface area contributed by atoms with E-state index in [-0.39, 0.29) is 12.3 Å².